The molecule has 120 valence electrons. The number of benzene rings is 1. The van der Waals surface area contributed by atoms with Crippen molar-refractivity contribution in [3.05, 3.63) is 41.6 Å². The highest BCUT2D eigenvalue weighted by molar-refractivity contribution is 5.99. The number of urea groups is 1. The smallest absolute Gasteiger partial charge is 0.312 e. The van der Waals surface area contributed by atoms with Crippen LogP contribution in [0.2, 0.25) is 0 Å². The zero-order valence-corrected chi connectivity index (χ0v) is 13.5. The van der Waals surface area contributed by atoms with E-state index in [1.54, 1.807) is 0 Å². The van der Waals surface area contributed by atoms with E-state index >= 15 is 0 Å². The van der Waals surface area contributed by atoms with Gasteiger partial charge in [0.25, 0.3) is 0 Å². The zero-order valence-electron chi connectivity index (χ0n) is 13.5. The number of rotatable bonds is 2. The number of hydrogen-bond donors (Lipinski definition) is 2. The molecular weight excluding hydrogens is 288 g/mol. The zero-order chi connectivity index (χ0) is 16.1. The van der Waals surface area contributed by atoms with Gasteiger partial charge >= 0.3 is 6.03 Å². The Hall–Kier alpha value is -2.27. The first-order valence-corrected chi connectivity index (χ1v) is 8.17. The number of amides is 2. The topological polar surface area (TPSA) is 63.3 Å². The minimum atomic E-state index is -0.467. The molecule has 5 nitrogen and oxygen atoms in total. The molecule has 2 aliphatic rings. The quantitative estimate of drug-likeness (QED) is 0.890. The molecule has 1 aromatic heterocycles. The number of carbonyl (C=O) groups excluding carboxylic acids is 1. The van der Waals surface area contributed by atoms with E-state index in [0.717, 1.165) is 19.5 Å². The Balaban J connectivity index is 1.89. The number of aromatic nitrogens is 1. The van der Waals surface area contributed by atoms with E-state index < -0.39 is 6.03 Å². The van der Waals surface area contributed by atoms with E-state index in [1.165, 1.54) is 27.6 Å². The van der Waals surface area contributed by atoms with Crippen LogP contribution in [0.25, 0.3) is 16.5 Å². The van der Waals surface area contributed by atoms with E-state index in [1.807, 2.05) is 0 Å². The van der Waals surface area contributed by atoms with Gasteiger partial charge in [-0.3, -0.25) is 4.90 Å². The number of aryl methyl sites for hydroxylation is 1. The molecule has 2 heterocycles. The van der Waals surface area contributed by atoms with Crippen LogP contribution in [-0.4, -0.2) is 41.2 Å². The van der Waals surface area contributed by atoms with E-state index in [2.05, 4.69) is 59.2 Å². The van der Waals surface area contributed by atoms with Crippen LogP contribution in [0, 0.1) is 0 Å². The molecule has 0 unspecified atom stereocenters. The largest absolute Gasteiger partial charge is 0.352 e. The number of likely N-dealkylation sites (N-methyl/N-ethyl adjacent to an activating group) is 1. The summed E-state index contributed by atoms with van der Waals surface area (Å²) in [4.78, 5) is 13.5. The highest BCUT2D eigenvalue weighted by Crippen LogP contribution is 2.40. The molecule has 2 aromatic rings. The molecule has 2 amide bonds. The van der Waals surface area contributed by atoms with Gasteiger partial charge in [0.1, 0.15) is 0 Å². The summed E-state index contributed by atoms with van der Waals surface area (Å²) < 4.78 is 2.32. The first-order chi connectivity index (χ1) is 11.1. The maximum atomic E-state index is 11.2. The molecule has 4 rings (SSSR count). The Morgan fingerprint density at radius 3 is 3.00 bits per heavy atom. The number of nitrogens with one attached hydrogen (secondary N) is 1. The van der Waals surface area contributed by atoms with Crippen LogP contribution in [0.4, 0.5) is 4.79 Å². The molecule has 0 saturated carbocycles. The predicted octanol–water partition coefficient (Wildman–Crippen LogP) is 1.95. The SMILES string of the molecule is CCn1cc2c3c(cccc31)C1=C[C@H](NC(N)=O)CN(C)[C@@H]1C2. The van der Waals surface area contributed by atoms with Crippen molar-refractivity contribution < 1.29 is 4.79 Å². The lowest BCUT2D eigenvalue weighted by atomic mass is 9.81. The number of fused-ring (bicyclic) bond motifs is 2. The maximum absolute atomic E-state index is 11.2. The van der Waals surface area contributed by atoms with Crippen molar-refractivity contribution in [3.63, 3.8) is 0 Å². The second-order valence-electron chi connectivity index (χ2n) is 6.54. The Labute approximate surface area is 135 Å². The molecule has 5 heteroatoms. The highest BCUT2D eigenvalue weighted by atomic mass is 16.2. The minimum Gasteiger partial charge on any atom is -0.352 e. The molecule has 0 spiro atoms. The third kappa shape index (κ3) is 2.15. The third-order valence-corrected chi connectivity index (χ3v) is 5.13. The average molecular weight is 310 g/mol. The van der Waals surface area contributed by atoms with Gasteiger partial charge in [0.05, 0.1) is 6.04 Å². The second-order valence-corrected chi connectivity index (χ2v) is 6.54. The third-order valence-electron chi connectivity index (χ3n) is 5.13. The molecule has 0 saturated heterocycles. The van der Waals surface area contributed by atoms with Crippen molar-refractivity contribution in [3.8, 4) is 0 Å². The predicted molar refractivity (Wildman–Crippen MR) is 92.2 cm³/mol. The second kappa shape index (κ2) is 5.13. The van der Waals surface area contributed by atoms with Gasteiger partial charge in [0.15, 0.2) is 0 Å². The lowest BCUT2D eigenvalue weighted by Crippen LogP contribution is -2.51. The van der Waals surface area contributed by atoms with Crippen molar-refractivity contribution in [1.82, 2.24) is 14.8 Å². The summed E-state index contributed by atoms with van der Waals surface area (Å²) in [5.74, 6) is 0. The van der Waals surface area contributed by atoms with Crippen LogP contribution < -0.4 is 11.1 Å². The number of nitrogens with zero attached hydrogens (tertiary/aromatic N) is 2. The highest BCUT2D eigenvalue weighted by Gasteiger charge is 2.34. The number of primary amides is 1. The molecule has 1 aliphatic heterocycles. The van der Waals surface area contributed by atoms with Gasteiger partial charge in [0.2, 0.25) is 0 Å². The Morgan fingerprint density at radius 1 is 1.43 bits per heavy atom. The van der Waals surface area contributed by atoms with Gasteiger partial charge in [-0.25, -0.2) is 4.79 Å². The van der Waals surface area contributed by atoms with E-state index in [-0.39, 0.29) is 6.04 Å². The monoisotopic (exact) mass is 310 g/mol. The Bertz CT molecular complexity index is 820. The summed E-state index contributed by atoms with van der Waals surface area (Å²) in [6.45, 7) is 3.95. The van der Waals surface area contributed by atoms with Crippen LogP contribution in [0.5, 0.6) is 0 Å². The van der Waals surface area contributed by atoms with E-state index in [9.17, 15) is 4.79 Å². The number of carbonyl (C=O) groups is 1. The summed E-state index contributed by atoms with van der Waals surface area (Å²) >= 11 is 0. The van der Waals surface area contributed by atoms with Crippen LogP contribution in [0.1, 0.15) is 18.1 Å². The van der Waals surface area contributed by atoms with Crippen LogP contribution in [0.3, 0.4) is 0 Å². The minimum absolute atomic E-state index is 0.0335. The van der Waals surface area contributed by atoms with Crippen LogP contribution >= 0.6 is 0 Å². The fraction of sp³-hybridized carbons (Fsp3) is 0.389. The van der Waals surface area contributed by atoms with Crippen molar-refractivity contribution in [2.24, 2.45) is 5.73 Å². The fourth-order valence-electron chi connectivity index (χ4n) is 4.16. The first kappa shape index (κ1) is 14.3. The van der Waals surface area contributed by atoms with Gasteiger partial charge in [-0.2, -0.15) is 0 Å². The Morgan fingerprint density at radius 2 is 2.26 bits per heavy atom. The van der Waals surface area contributed by atoms with Crippen molar-refractivity contribution in [1.29, 1.82) is 0 Å². The van der Waals surface area contributed by atoms with Crippen molar-refractivity contribution in [2.75, 3.05) is 13.6 Å². The van der Waals surface area contributed by atoms with Gasteiger partial charge in [0, 0.05) is 36.2 Å². The van der Waals surface area contributed by atoms with E-state index in [0.29, 0.717) is 6.04 Å². The summed E-state index contributed by atoms with van der Waals surface area (Å²) in [7, 11) is 2.12. The van der Waals surface area contributed by atoms with Gasteiger partial charge in [-0.1, -0.05) is 18.2 Å². The maximum Gasteiger partial charge on any atom is 0.312 e. The summed E-state index contributed by atoms with van der Waals surface area (Å²) in [6.07, 6.45) is 5.51. The molecule has 3 N–H and O–H groups in total. The molecule has 0 bridgehead atoms. The lowest BCUT2D eigenvalue weighted by Gasteiger charge is -2.39. The normalized spacial score (nSPS) is 23.5. The van der Waals surface area contributed by atoms with Crippen LogP contribution in [-0.2, 0) is 13.0 Å². The summed E-state index contributed by atoms with van der Waals surface area (Å²) in [6, 6.07) is 6.39. The lowest BCUT2D eigenvalue weighted by molar-refractivity contribution is 0.231. The van der Waals surface area contributed by atoms with Crippen LogP contribution in [0.15, 0.2) is 30.5 Å². The molecule has 1 aliphatic carbocycles. The molecule has 2 atom stereocenters. The number of hydrogen-bond acceptors (Lipinski definition) is 2. The molecule has 1 aromatic carbocycles. The van der Waals surface area contributed by atoms with Gasteiger partial charge in [-0.15, -0.1) is 0 Å². The average Bonchev–Trinajstić information content (AvgIpc) is 2.87. The fourth-order valence-corrected chi connectivity index (χ4v) is 4.16. The summed E-state index contributed by atoms with van der Waals surface area (Å²) in [5.41, 5.74) is 10.6. The molecule has 0 radical (unpaired) electrons. The van der Waals surface area contributed by atoms with E-state index in [4.69, 9.17) is 5.73 Å². The first-order valence-electron chi connectivity index (χ1n) is 8.17. The Kier molecular flexibility index (Phi) is 3.20. The van der Waals surface area contributed by atoms with Gasteiger partial charge in [-0.05, 0) is 43.2 Å². The van der Waals surface area contributed by atoms with Gasteiger partial charge < -0.3 is 15.6 Å². The van der Waals surface area contributed by atoms with Crippen molar-refractivity contribution in [2.45, 2.75) is 32.0 Å². The van der Waals surface area contributed by atoms with Crippen molar-refractivity contribution >= 4 is 22.5 Å². The molecule has 23 heavy (non-hydrogen) atoms. The standard InChI is InChI=1S/C18H22N4O/c1-3-22-9-11-7-16-14(13-5-4-6-15(22)17(11)13)8-12(10-21(16)2)20-18(19)23/h4-6,8-9,12,16H,3,7,10H2,1-2H3,(H3,19,20,23)/t12-,16+/m0/s1. The number of nitrogens with two attached hydrogens (primary N) is 1. The molecular formula is C18H22N4O. The molecule has 0 fully saturated rings. The summed E-state index contributed by atoms with van der Waals surface area (Å²) in [5, 5.41) is 4.20.